The number of nitrogens with zero attached hydrogens (tertiary/aromatic N) is 2. The second-order valence-corrected chi connectivity index (χ2v) is 8.41. The van der Waals surface area contributed by atoms with E-state index in [2.05, 4.69) is 5.32 Å². The average molecular weight is 418 g/mol. The van der Waals surface area contributed by atoms with Crippen LogP contribution in [0.5, 0.6) is 0 Å². The summed E-state index contributed by atoms with van der Waals surface area (Å²) in [6.45, 7) is 7.58. The van der Waals surface area contributed by atoms with Crippen molar-refractivity contribution in [1.82, 2.24) is 9.80 Å². The quantitative estimate of drug-likeness (QED) is 0.829. The average Bonchev–Trinajstić information content (AvgIpc) is 3.06. The van der Waals surface area contributed by atoms with Gasteiger partial charge in [0.1, 0.15) is 5.82 Å². The summed E-state index contributed by atoms with van der Waals surface area (Å²) in [7, 11) is 0. The molecule has 1 saturated heterocycles. The van der Waals surface area contributed by atoms with Gasteiger partial charge in [0.2, 0.25) is 5.91 Å². The molecule has 154 valence electrons. The third kappa shape index (κ3) is 4.82. The second-order valence-electron chi connectivity index (χ2n) is 7.36. The number of anilines is 1. The minimum atomic E-state index is -0.481. The lowest BCUT2D eigenvalue weighted by molar-refractivity contribution is -0.135. The molecule has 8 heteroatoms. The first kappa shape index (κ1) is 21.0. The molecule has 1 aromatic heterocycles. The number of piperazine rings is 1. The summed E-state index contributed by atoms with van der Waals surface area (Å²) in [6, 6.07) is 7.19. The van der Waals surface area contributed by atoms with Gasteiger partial charge in [-0.3, -0.25) is 14.4 Å². The van der Waals surface area contributed by atoms with Gasteiger partial charge in [-0.15, -0.1) is 11.3 Å². The van der Waals surface area contributed by atoms with E-state index in [9.17, 15) is 18.8 Å². The number of benzene rings is 1. The lowest BCUT2D eigenvalue weighted by atomic mass is 10.1. The van der Waals surface area contributed by atoms with E-state index in [0.29, 0.717) is 36.1 Å². The SMILES string of the molecule is Cc1cc(NC(=O)c2cccc(F)c2)sc1C(=O)N1CCN(C(=O)C(C)C)CC1. The highest BCUT2D eigenvalue weighted by molar-refractivity contribution is 7.18. The monoisotopic (exact) mass is 417 g/mol. The Hall–Kier alpha value is -2.74. The predicted octanol–water partition coefficient (Wildman–Crippen LogP) is 3.39. The van der Waals surface area contributed by atoms with Crippen LogP contribution in [0.25, 0.3) is 0 Å². The van der Waals surface area contributed by atoms with Crippen molar-refractivity contribution in [2.45, 2.75) is 20.8 Å². The Balaban J connectivity index is 1.65. The zero-order valence-corrected chi connectivity index (χ0v) is 17.5. The van der Waals surface area contributed by atoms with E-state index < -0.39 is 11.7 Å². The molecule has 29 heavy (non-hydrogen) atoms. The number of nitrogens with one attached hydrogen (secondary N) is 1. The molecule has 1 aliphatic heterocycles. The summed E-state index contributed by atoms with van der Waals surface area (Å²) in [6.07, 6.45) is 0. The predicted molar refractivity (Wildman–Crippen MR) is 111 cm³/mol. The van der Waals surface area contributed by atoms with Crippen molar-refractivity contribution in [2.75, 3.05) is 31.5 Å². The van der Waals surface area contributed by atoms with Crippen molar-refractivity contribution in [3.05, 3.63) is 52.2 Å². The van der Waals surface area contributed by atoms with Crippen LogP contribution in [0, 0.1) is 18.7 Å². The number of aryl methyl sites for hydroxylation is 1. The van der Waals surface area contributed by atoms with Gasteiger partial charge in [-0.05, 0) is 36.8 Å². The van der Waals surface area contributed by atoms with Crippen LogP contribution in [0.15, 0.2) is 30.3 Å². The van der Waals surface area contributed by atoms with Gasteiger partial charge in [0.25, 0.3) is 11.8 Å². The van der Waals surface area contributed by atoms with Gasteiger partial charge in [0, 0.05) is 37.7 Å². The lowest BCUT2D eigenvalue weighted by Gasteiger charge is -2.35. The third-order valence-electron chi connectivity index (χ3n) is 4.81. The van der Waals surface area contributed by atoms with Crippen molar-refractivity contribution < 1.29 is 18.8 Å². The number of carbonyl (C=O) groups is 3. The van der Waals surface area contributed by atoms with E-state index >= 15 is 0 Å². The molecule has 1 aromatic carbocycles. The van der Waals surface area contributed by atoms with Crippen LogP contribution >= 0.6 is 11.3 Å². The number of amides is 3. The van der Waals surface area contributed by atoms with Gasteiger partial charge < -0.3 is 15.1 Å². The first-order valence-corrected chi connectivity index (χ1v) is 10.3. The Morgan fingerprint density at radius 2 is 1.72 bits per heavy atom. The molecule has 1 aliphatic rings. The molecule has 0 saturated carbocycles. The molecule has 0 bridgehead atoms. The Morgan fingerprint density at radius 3 is 2.34 bits per heavy atom. The highest BCUT2D eigenvalue weighted by atomic mass is 32.1. The van der Waals surface area contributed by atoms with Gasteiger partial charge in [-0.1, -0.05) is 19.9 Å². The van der Waals surface area contributed by atoms with Gasteiger partial charge in [0.15, 0.2) is 0 Å². The van der Waals surface area contributed by atoms with E-state index in [1.165, 1.54) is 35.6 Å². The summed E-state index contributed by atoms with van der Waals surface area (Å²) >= 11 is 1.20. The first-order chi connectivity index (χ1) is 13.8. The van der Waals surface area contributed by atoms with Gasteiger partial charge >= 0.3 is 0 Å². The largest absolute Gasteiger partial charge is 0.339 e. The molecular weight excluding hydrogens is 393 g/mol. The van der Waals surface area contributed by atoms with Crippen molar-refractivity contribution >= 4 is 34.1 Å². The molecular formula is C21H24FN3O3S. The van der Waals surface area contributed by atoms with Crippen molar-refractivity contribution in [1.29, 1.82) is 0 Å². The molecule has 3 rings (SSSR count). The number of hydrogen-bond acceptors (Lipinski definition) is 4. The van der Waals surface area contributed by atoms with Crippen LogP contribution in [0.1, 0.15) is 39.4 Å². The van der Waals surface area contributed by atoms with E-state index in [0.717, 1.165) is 5.56 Å². The second kappa shape index (κ2) is 8.73. The van der Waals surface area contributed by atoms with Crippen LogP contribution in [-0.4, -0.2) is 53.7 Å². The van der Waals surface area contributed by atoms with Gasteiger partial charge in [-0.25, -0.2) is 4.39 Å². The molecule has 6 nitrogen and oxygen atoms in total. The summed E-state index contributed by atoms with van der Waals surface area (Å²) in [5.74, 6) is -0.959. The fourth-order valence-electron chi connectivity index (χ4n) is 3.21. The fourth-order valence-corrected chi connectivity index (χ4v) is 4.24. The van der Waals surface area contributed by atoms with Crippen LogP contribution < -0.4 is 5.32 Å². The van der Waals surface area contributed by atoms with Crippen LogP contribution in [0.2, 0.25) is 0 Å². The summed E-state index contributed by atoms with van der Waals surface area (Å²) in [4.78, 5) is 41.4. The maximum absolute atomic E-state index is 13.3. The Bertz CT molecular complexity index is 933. The number of carbonyl (C=O) groups excluding carboxylic acids is 3. The Morgan fingerprint density at radius 1 is 1.07 bits per heavy atom. The fraction of sp³-hybridized carbons (Fsp3) is 0.381. The number of thiophene rings is 1. The first-order valence-electron chi connectivity index (χ1n) is 9.51. The molecule has 0 radical (unpaired) electrons. The molecule has 0 spiro atoms. The third-order valence-corrected chi connectivity index (χ3v) is 5.95. The van der Waals surface area contributed by atoms with E-state index in [1.807, 2.05) is 20.8 Å². The molecule has 0 aliphatic carbocycles. The number of rotatable bonds is 4. The number of halogens is 1. The zero-order valence-electron chi connectivity index (χ0n) is 16.7. The van der Waals surface area contributed by atoms with E-state index in [-0.39, 0.29) is 23.3 Å². The molecule has 2 aromatic rings. The van der Waals surface area contributed by atoms with Gasteiger partial charge in [0.05, 0.1) is 9.88 Å². The molecule has 2 heterocycles. The van der Waals surface area contributed by atoms with Crippen molar-refractivity contribution in [3.8, 4) is 0 Å². The minimum absolute atomic E-state index is 0.0546. The van der Waals surface area contributed by atoms with Crippen LogP contribution in [-0.2, 0) is 4.79 Å². The van der Waals surface area contributed by atoms with Crippen molar-refractivity contribution in [3.63, 3.8) is 0 Å². The Kier molecular flexibility index (Phi) is 6.32. The highest BCUT2D eigenvalue weighted by Gasteiger charge is 2.27. The lowest BCUT2D eigenvalue weighted by Crippen LogP contribution is -2.51. The van der Waals surface area contributed by atoms with E-state index in [4.69, 9.17) is 0 Å². The molecule has 0 unspecified atom stereocenters. The normalized spacial score (nSPS) is 14.2. The molecule has 3 amide bonds. The minimum Gasteiger partial charge on any atom is -0.339 e. The van der Waals surface area contributed by atoms with Crippen molar-refractivity contribution in [2.24, 2.45) is 5.92 Å². The molecule has 0 atom stereocenters. The molecule has 1 fully saturated rings. The van der Waals surface area contributed by atoms with Crippen LogP contribution in [0.3, 0.4) is 0 Å². The Labute approximate surface area is 173 Å². The smallest absolute Gasteiger partial charge is 0.264 e. The maximum atomic E-state index is 13.3. The topological polar surface area (TPSA) is 69.7 Å². The number of hydrogen-bond donors (Lipinski definition) is 1. The van der Waals surface area contributed by atoms with Gasteiger partial charge in [-0.2, -0.15) is 0 Å². The summed E-state index contributed by atoms with van der Waals surface area (Å²) in [5.41, 5.74) is 0.991. The zero-order chi connectivity index (χ0) is 21.1. The molecule has 1 N–H and O–H groups in total. The summed E-state index contributed by atoms with van der Waals surface area (Å²) in [5, 5.41) is 3.26. The standard InChI is InChI=1S/C21H24FN3O3S/c1-13(2)20(27)24-7-9-25(10-8-24)21(28)18-14(3)11-17(29-18)23-19(26)15-5-4-6-16(22)12-15/h4-6,11-13H,7-10H2,1-3H3,(H,23,26). The van der Waals surface area contributed by atoms with E-state index in [1.54, 1.807) is 15.9 Å². The van der Waals surface area contributed by atoms with Crippen LogP contribution in [0.4, 0.5) is 9.39 Å². The maximum Gasteiger partial charge on any atom is 0.264 e. The highest BCUT2D eigenvalue weighted by Crippen LogP contribution is 2.28. The summed E-state index contributed by atoms with van der Waals surface area (Å²) < 4.78 is 13.3.